The zero-order chi connectivity index (χ0) is 11.3. The number of rotatable bonds is 4. The number of nitrogens with zero attached hydrogens (tertiary/aromatic N) is 1. The Labute approximate surface area is 90.5 Å². The van der Waals surface area contributed by atoms with E-state index in [9.17, 15) is 4.79 Å². The fraction of sp³-hybridized carbons (Fsp3) is 0.385. The first-order valence-electron chi connectivity index (χ1n) is 5.18. The predicted octanol–water partition coefficient (Wildman–Crippen LogP) is 2.50. The van der Waals surface area contributed by atoms with Gasteiger partial charge in [0.1, 0.15) is 6.29 Å². The van der Waals surface area contributed by atoms with Crippen molar-refractivity contribution in [2.75, 3.05) is 0 Å². The SMILES string of the molecule is CCc1ccc(CC(C)C=O)cc1C#N. The molecule has 0 bridgehead atoms. The summed E-state index contributed by atoms with van der Waals surface area (Å²) in [5, 5.41) is 8.95. The van der Waals surface area contributed by atoms with Gasteiger partial charge in [-0.2, -0.15) is 5.26 Å². The largest absolute Gasteiger partial charge is 0.303 e. The van der Waals surface area contributed by atoms with Crippen LogP contribution in [0.4, 0.5) is 0 Å². The van der Waals surface area contributed by atoms with E-state index in [1.54, 1.807) is 0 Å². The number of carbonyl (C=O) groups excluding carboxylic acids is 1. The molecule has 0 aliphatic carbocycles. The van der Waals surface area contributed by atoms with Crippen molar-refractivity contribution in [3.05, 3.63) is 34.9 Å². The maximum Gasteiger partial charge on any atom is 0.123 e. The van der Waals surface area contributed by atoms with Crippen molar-refractivity contribution in [1.29, 1.82) is 5.26 Å². The average molecular weight is 201 g/mol. The first kappa shape index (κ1) is 11.5. The van der Waals surface area contributed by atoms with E-state index in [4.69, 9.17) is 5.26 Å². The second kappa shape index (κ2) is 5.31. The molecule has 0 fully saturated rings. The van der Waals surface area contributed by atoms with Gasteiger partial charge in [-0.1, -0.05) is 26.0 Å². The highest BCUT2D eigenvalue weighted by Crippen LogP contribution is 2.14. The number of benzene rings is 1. The van der Waals surface area contributed by atoms with E-state index in [1.165, 1.54) is 0 Å². The predicted molar refractivity (Wildman–Crippen MR) is 59.5 cm³/mol. The van der Waals surface area contributed by atoms with Crippen LogP contribution in [0.2, 0.25) is 0 Å². The molecular weight excluding hydrogens is 186 g/mol. The quantitative estimate of drug-likeness (QED) is 0.702. The lowest BCUT2D eigenvalue weighted by atomic mass is 9.97. The van der Waals surface area contributed by atoms with Crippen LogP contribution >= 0.6 is 0 Å². The van der Waals surface area contributed by atoms with Crippen LogP contribution in [0.3, 0.4) is 0 Å². The second-order valence-corrected chi connectivity index (χ2v) is 3.77. The molecule has 1 rings (SSSR count). The molecule has 1 aromatic rings. The number of aryl methyl sites for hydroxylation is 1. The fourth-order valence-corrected chi connectivity index (χ4v) is 1.58. The van der Waals surface area contributed by atoms with Gasteiger partial charge in [-0.05, 0) is 30.0 Å². The van der Waals surface area contributed by atoms with Crippen LogP contribution in [-0.4, -0.2) is 6.29 Å². The van der Waals surface area contributed by atoms with E-state index in [1.807, 2.05) is 32.0 Å². The zero-order valence-corrected chi connectivity index (χ0v) is 9.16. The number of hydrogen-bond donors (Lipinski definition) is 0. The summed E-state index contributed by atoms with van der Waals surface area (Å²) < 4.78 is 0. The Hall–Kier alpha value is -1.62. The summed E-state index contributed by atoms with van der Waals surface area (Å²) in [6, 6.07) is 8.05. The normalized spacial score (nSPS) is 11.8. The molecule has 0 amide bonds. The molecule has 78 valence electrons. The van der Waals surface area contributed by atoms with Gasteiger partial charge in [0.2, 0.25) is 0 Å². The smallest absolute Gasteiger partial charge is 0.123 e. The summed E-state index contributed by atoms with van der Waals surface area (Å²) in [7, 11) is 0. The zero-order valence-electron chi connectivity index (χ0n) is 9.16. The Kier molecular flexibility index (Phi) is 4.05. The molecule has 1 aromatic carbocycles. The molecule has 1 atom stereocenters. The third kappa shape index (κ3) is 2.92. The molecule has 0 heterocycles. The maximum absolute atomic E-state index is 10.5. The van der Waals surface area contributed by atoms with E-state index in [0.29, 0.717) is 6.42 Å². The Balaban J connectivity index is 2.94. The Bertz CT molecular complexity index is 390. The third-order valence-electron chi connectivity index (χ3n) is 2.47. The highest BCUT2D eigenvalue weighted by molar-refractivity contribution is 5.54. The lowest BCUT2D eigenvalue weighted by Gasteiger charge is -2.06. The summed E-state index contributed by atoms with van der Waals surface area (Å²) in [6.45, 7) is 3.91. The van der Waals surface area contributed by atoms with Crippen molar-refractivity contribution in [2.24, 2.45) is 5.92 Å². The molecule has 0 N–H and O–H groups in total. The molecule has 2 heteroatoms. The van der Waals surface area contributed by atoms with Gasteiger partial charge in [0, 0.05) is 5.92 Å². The molecule has 0 aromatic heterocycles. The summed E-state index contributed by atoms with van der Waals surface area (Å²) in [6.07, 6.45) is 2.52. The van der Waals surface area contributed by atoms with Crippen LogP contribution in [0.1, 0.15) is 30.5 Å². The molecule has 0 spiro atoms. The number of hydrogen-bond acceptors (Lipinski definition) is 2. The van der Waals surface area contributed by atoms with Crippen molar-refractivity contribution in [1.82, 2.24) is 0 Å². The maximum atomic E-state index is 10.5. The van der Waals surface area contributed by atoms with Crippen molar-refractivity contribution in [2.45, 2.75) is 26.7 Å². The van der Waals surface area contributed by atoms with Gasteiger partial charge in [-0.3, -0.25) is 0 Å². The molecule has 0 saturated heterocycles. The summed E-state index contributed by atoms with van der Waals surface area (Å²) in [5.41, 5.74) is 2.86. The van der Waals surface area contributed by atoms with Gasteiger partial charge in [0.15, 0.2) is 0 Å². The van der Waals surface area contributed by atoms with Gasteiger partial charge in [-0.15, -0.1) is 0 Å². The van der Waals surface area contributed by atoms with E-state index in [-0.39, 0.29) is 5.92 Å². The first-order valence-corrected chi connectivity index (χ1v) is 5.18. The highest BCUT2D eigenvalue weighted by Gasteiger charge is 2.05. The van der Waals surface area contributed by atoms with Crippen LogP contribution in [0.15, 0.2) is 18.2 Å². The number of carbonyl (C=O) groups is 1. The molecule has 0 aliphatic rings. The van der Waals surface area contributed by atoms with E-state index in [2.05, 4.69) is 6.07 Å². The Morgan fingerprint density at radius 2 is 2.27 bits per heavy atom. The summed E-state index contributed by atoms with van der Waals surface area (Å²) in [4.78, 5) is 10.5. The third-order valence-corrected chi connectivity index (χ3v) is 2.47. The molecule has 15 heavy (non-hydrogen) atoms. The van der Waals surface area contributed by atoms with Crippen molar-refractivity contribution >= 4 is 6.29 Å². The summed E-state index contributed by atoms with van der Waals surface area (Å²) >= 11 is 0. The Morgan fingerprint density at radius 1 is 1.53 bits per heavy atom. The minimum Gasteiger partial charge on any atom is -0.303 e. The van der Waals surface area contributed by atoms with Gasteiger partial charge < -0.3 is 4.79 Å². The van der Waals surface area contributed by atoms with Crippen LogP contribution in [0.25, 0.3) is 0 Å². The first-order chi connectivity index (χ1) is 7.21. The van der Waals surface area contributed by atoms with Crippen LogP contribution in [-0.2, 0) is 17.6 Å². The van der Waals surface area contributed by atoms with E-state index >= 15 is 0 Å². The van der Waals surface area contributed by atoms with Crippen molar-refractivity contribution in [3.8, 4) is 6.07 Å². The molecule has 0 saturated carbocycles. The van der Waals surface area contributed by atoms with Gasteiger partial charge in [0.05, 0.1) is 11.6 Å². The van der Waals surface area contributed by atoms with Crippen LogP contribution in [0.5, 0.6) is 0 Å². The van der Waals surface area contributed by atoms with Gasteiger partial charge in [-0.25, -0.2) is 0 Å². The standard InChI is InChI=1S/C13H15NO/c1-3-12-5-4-11(6-10(2)9-15)7-13(12)8-14/h4-5,7,9-10H,3,6H2,1-2H3. The lowest BCUT2D eigenvalue weighted by molar-refractivity contribution is -0.110. The molecule has 0 aliphatic heterocycles. The lowest BCUT2D eigenvalue weighted by Crippen LogP contribution is -2.01. The minimum atomic E-state index is 0.0176. The Morgan fingerprint density at radius 3 is 2.80 bits per heavy atom. The molecule has 0 radical (unpaired) electrons. The van der Waals surface area contributed by atoms with Crippen LogP contribution in [0, 0.1) is 17.2 Å². The monoisotopic (exact) mass is 201 g/mol. The van der Waals surface area contributed by atoms with Crippen molar-refractivity contribution in [3.63, 3.8) is 0 Å². The van der Waals surface area contributed by atoms with Gasteiger partial charge in [0.25, 0.3) is 0 Å². The second-order valence-electron chi connectivity index (χ2n) is 3.77. The summed E-state index contributed by atoms with van der Waals surface area (Å²) in [5.74, 6) is 0.0176. The number of aldehydes is 1. The van der Waals surface area contributed by atoms with Gasteiger partial charge >= 0.3 is 0 Å². The van der Waals surface area contributed by atoms with Crippen LogP contribution < -0.4 is 0 Å². The molecule has 2 nitrogen and oxygen atoms in total. The highest BCUT2D eigenvalue weighted by atomic mass is 16.1. The number of nitriles is 1. The molecular formula is C13H15NO. The average Bonchev–Trinajstić information content (AvgIpc) is 2.28. The minimum absolute atomic E-state index is 0.0176. The topological polar surface area (TPSA) is 40.9 Å². The fourth-order valence-electron chi connectivity index (χ4n) is 1.58. The molecule has 1 unspecified atom stereocenters. The van der Waals surface area contributed by atoms with E-state index < -0.39 is 0 Å². The van der Waals surface area contributed by atoms with Crippen molar-refractivity contribution < 1.29 is 4.79 Å². The van der Waals surface area contributed by atoms with E-state index in [0.717, 1.165) is 29.4 Å².